The molecule has 6 heteroatoms. The molecule has 0 unspecified atom stereocenters. The third-order valence-electron chi connectivity index (χ3n) is 2.50. The molecule has 0 fully saturated rings. The molecule has 0 atom stereocenters. The molecular weight excluding hydrogens is 272 g/mol. The quantitative estimate of drug-likeness (QED) is 0.310. The van der Waals surface area contributed by atoms with Gasteiger partial charge in [0.15, 0.2) is 0 Å². The number of non-ortho nitro benzene ring substituents is 1. The molecule has 0 heterocycles. The van der Waals surface area contributed by atoms with Crippen molar-refractivity contribution in [2.75, 3.05) is 31.7 Å². The maximum atomic E-state index is 10.9. The number of nitrogens with zero attached hydrogens (tertiary/aromatic N) is 1. The second-order valence-corrected chi connectivity index (χ2v) is 4.76. The van der Waals surface area contributed by atoms with Crippen LogP contribution < -0.4 is 10.1 Å². The van der Waals surface area contributed by atoms with Crippen LogP contribution in [-0.4, -0.2) is 31.3 Å². The Kier molecular flexibility index (Phi) is 7.25. The fraction of sp³-hybridized carbons (Fsp3) is 0.467. The van der Waals surface area contributed by atoms with Crippen LogP contribution in [0.1, 0.15) is 20.3 Å². The zero-order chi connectivity index (χ0) is 15.7. The SMILES string of the molecule is C=C(C)COCCNc1cc(OCCC)cc([N+](=O)[O-])c1. The first-order valence-electron chi connectivity index (χ1n) is 6.91. The minimum atomic E-state index is -0.429. The Bertz CT molecular complexity index is 489. The molecule has 1 N–H and O–H groups in total. The van der Waals surface area contributed by atoms with Gasteiger partial charge in [-0.25, -0.2) is 0 Å². The lowest BCUT2D eigenvalue weighted by Crippen LogP contribution is -2.10. The molecule has 1 aromatic rings. The Labute approximate surface area is 124 Å². The number of nitrogens with one attached hydrogen (secondary N) is 1. The van der Waals surface area contributed by atoms with Crippen LogP contribution in [0.4, 0.5) is 11.4 Å². The Hall–Kier alpha value is -2.08. The first-order chi connectivity index (χ1) is 10.0. The average Bonchev–Trinajstić information content (AvgIpc) is 2.44. The minimum Gasteiger partial charge on any atom is -0.493 e. The topological polar surface area (TPSA) is 73.6 Å². The van der Waals surface area contributed by atoms with Gasteiger partial charge in [0.1, 0.15) is 5.75 Å². The standard InChI is InChI=1S/C15H22N2O4/c1-4-6-21-15-9-13(8-14(10-15)17(18)19)16-5-7-20-11-12(2)3/h8-10,16H,2,4-7,11H2,1,3H3. The van der Waals surface area contributed by atoms with Gasteiger partial charge in [-0.1, -0.05) is 19.1 Å². The molecule has 0 saturated heterocycles. The summed E-state index contributed by atoms with van der Waals surface area (Å²) in [5.74, 6) is 0.497. The number of hydrogen-bond acceptors (Lipinski definition) is 5. The van der Waals surface area contributed by atoms with Gasteiger partial charge in [-0.05, 0) is 13.3 Å². The molecule has 116 valence electrons. The van der Waals surface area contributed by atoms with Gasteiger partial charge in [-0.15, -0.1) is 0 Å². The molecular formula is C15H22N2O4. The maximum Gasteiger partial charge on any atom is 0.275 e. The van der Waals surface area contributed by atoms with E-state index >= 15 is 0 Å². The lowest BCUT2D eigenvalue weighted by Gasteiger charge is -2.10. The predicted octanol–water partition coefficient (Wildman–Crippen LogP) is 3.39. The summed E-state index contributed by atoms with van der Waals surface area (Å²) in [6, 6.07) is 4.66. The lowest BCUT2D eigenvalue weighted by atomic mass is 10.2. The first-order valence-corrected chi connectivity index (χ1v) is 6.91. The molecule has 1 aromatic carbocycles. The molecule has 0 aromatic heterocycles. The van der Waals surface area contributed by atoms with Crippen LogP contribution in [0.15, 0.2) is 30.4 Å². The van der Waals surface area contributed by atoms with E-state index in [4.69, 9.17) is 9.47 Å². The number of ether oxygens (including phenoxy) is 2. The van der Waals surface area contributed by atoms with Crippen LogP contribution in [0.25, 0.3) is 0 Å². The summed E-state index contributed by atoms with van der Waals surface area (Å²) in [5.41, 5.74) is 1.61. The fourth-order valence-electron chi connectivity index (χ4n) is 1.61. The van der Waals surface area contributed by atoms with Crippen molar-refractivity contribution in [3.63, 3.8) is 0 Å². The number of benzene rings is 1. The van der Waals surface area contributed by atoms with E-state index in [1.54, 1.807) is 6.07 Å². The largest absolute Gasteiger partial charge is 0.493 e. The van der Waals surface area contributed by atoms with Crippen molar-refractivity contribution in [3.8, 4) is 5.75 Å². The van der Waals surface area contributed by atoms with Crippen LogP contribution in [0.3, 0.4) is 0 Å². The van der Waals surface area contributed by atoms with Crippen molar-refractivity contribution in [3.05, 3.63) is 40.5 Å². The number of rotatable bonds is 10. The number of anilines is 1. The number of nitro benzene ring substituents is 1. The van der Waals surface area contributed by atoms with Gasteiger partial charge in [0, 0.05) is 24.4 Å². The zero-order valence-electron chi connectivity index (χ0n) is 12.6. The Morgan fingerprint density at radius 3 is 2.76 bits per heavy atom. The van der Waals surface area contributed by atoms with Gasteiger partial charge < -0.3 is 14.8 Å². The Morgan fingerprint density at radius 2 is 2.14 bits per heavy atom. The van der Waals surface area contributed by atoms with Crippen molar-refractivity contribution >= 4 is 11.4 Å². The second kappa shape index (κ2) is 8.97. The van der Waals surface area contributed by atoms with E-state index < -0.39 is 4.92 Å². The molecule has 21 heavy (non-hydrogen) atoms. The van der Waals surface area contributed by atoms with Crippen LogP contribution >= 0.6 is 0 Å². The van der Waals surface area contributed by atoms with E-state index in [9.17, 15) is 10.1 Å². The predicted molar refractivity (Wildman–Crippen MR) is 83.0 cm³/mol. The van der Waals surface area contributed by atoms with Crippen LogP contribution in [-0.2, 0) is 4.74 Å². The summed E-state index contributed by atoms with van der Waals surface area (Å²) in [6.45, 7) is 9.72. The van der Waals surface area contributed by atoms with E-state index in [0.717, 1.165) is 12.0 Å². The average molecular weight is 294 g/mol. The van der Waals surface area contributed by atoms with Gasteiger partial charge in [0.05, 0.1) is 30.8 Å². The van der Waals surface area contributed by atoms with E-state index in [1.807, 2.05) is 13.8 Å². The van der Waals surface area contributed by atoms with E-state index in [2.05, 4.69) is 11.9 Å². The molecule has 1 rings (SSSR count). The summed E-state index contributed by atoms with van der Waals surface area (Å²) in [5, 5.41) is 14.0. The van der Waals surface area contributed by atoms with Crippen LogP contribution in [0.5, 0.6) is 5.75 Å². The van der Waals surface area contributed by atoms with Crippen molar-refractivity contribution < 1.29 is 14.4 Å². The molecule has 0 amide bonds. The smallest absolute Gasteiger partial charge is 0.275 e. The molecule has 0 bridgehead atoms. The molecule has 0 aliphatic heterocycles. The van der Waals surface area contributed by atoms with E-state index in [0.29, 0.717) is 37.8 Å². The highest BCUT2D eigenvalue weighted by Crippen LogP contribution is 2.26. The summed E-state index contributed by atoms with van der Waals surface area (Å²) >= 11 is 0. The normalized spacial score (nSPS) is 10.2. The summed E-state index contributed by atoms with van der Waals surface area (Å²) in [6.07, 6.45) is 0.847. The Morgan fingerprint density at radius 1 is 1.38 bits per heavy atom. The van der Waals surface area contributed by atoms with Gasteiger partial charge in [0.25, 0.3) is 5.69 Å². The van der Waals surface area contributed by atoms with E-state index in [-0.39, 0.29) is 5.69 Å². The van der Waals surface area contributed by atoms with Crippen molar-refractivity contribution in [2.24, 2.45) is 0 Å². The number of hydrogen-bond donors (Lipinski definition) is 1. The minimum absolute atomic E-state index is 0.00829. The molecule has 0 aliphatic rings. The van der Waals surface area contributed by atoms with E-state index in [1.165, 1.54) is 12.1 Å². The molecule has 0 saturated carbocycles. The third kappa shape index (κ3) is 6.76. The summed E-state index contributed by atoms with van der Waals surface area (Å²) in [7, 11) is 0. The highest BCUT2D eigenvalue weighted by molar-refractivity contribution is 5.56. The monoisotopic (exact) mass is 294 g/mol. The molecule has 0 spiro atoms. The zero-order valence-corrected chi connectivity index (χ0v) is 12.6. The molecule has 6 nitrogen and oxygen atoms in total. The van der Waals surface area contributed by atoms with Crippen LogP contribution in [0.2, 0.25) is 0 Å². The second-order valence-electron chi connectivity index (χ2n) is 4.76. The lowest BCUT2D eigenvalue weighted by molar-refractivity contribution is -0.384. The van der Waals surface area contributed by atoms with Gasteiger partial charge in [-0.2, -0.15) is 0 Å². The number of nitro groups is 1. The Balaban J connectivity index is 2.60. The highest BCUT2D eigenvalue weighted by Gasteiger charge is 2.10. The highest BCUT2D eigenvalue weighted by atomic mass is 16.6. The van der Waals surface area contributed by atoms with Crippen LogP contribution in [0, 0.1) is 10.1 Å². The first kappa shape index (κ1) is 17.0. The summed E-state index contributed by atoms with van der Waals surface area (Å²) < 4.78 is 10.8. The molecule has 0 aliphatic carbocycles. The van der Waals surface area contributed by atoms with Crippen molar-refractivity contribution in [1.29, 1.82) is 0 Å². The molecule has 0 radical (unpaired) electrons. The summed E-state index contributed by atoms with van der Waals surface area (Å²) in [4.78, 5) is 10.5. The van der Waals surface area contributed by atoms with Gasteiger partial charge in [0.2, 0.25) is 0 Å². The fourth-order valence-corrected chi connectivity index (χ4v) is 1.61. The van der Waals surface area contributed by atoms with Gasteiger partial charge >= 0.3 is 0 Å². The van der Waals surface area contributed by atoms with Crippen molar-refractivity contribution in [2.45, 2.75) is 20.3 Å². The van der Waals surface area contributed by atoms with Crippen molar-refractivity contribution in [1.82, 2.24) is 0 Å². The van der Waals surface area contributed by atoms with Gasteiger partial charge in [-0.3, -0.25) is 10.1 Å². The maximum absolute atomic E-state index is 10.9. The third-order valence-corrected chi connectivity index (χ3v) is 2.50.